The predicted octanol–water partition coefficient (Wildman–Crippen LogP) is 6.84. The second-order valence-corrected chi connectivity index (χ2v) is 9.60. The van der Waals surface area contributed by atoms with Crippen LogP contribution in [0.25, 0.3) is 20.9 Å². The van der Waals surface area contributed by atoms with E-state index in [1.54, 1.807) is 31.2 Å². The quantitative estimate of drug-likeness (QED) is 0.108. The Kier molecular flexibility index (Phi) is 7.16. The minimum absolute atomic E-state index is 0.291. The Morgan fingerprint density at radius 3 is 2.51 bits per heavy atom. The first-order valence-electron chi connectivity index (χ1n) is 11.5. The number of para-hydroxylation sites is 1. The number of fused-ring (bicyclic) bond motifs is 2. The van der Waals surface area contributed by atoms with Gasteiger partial charge in [0.25, 0.3) is 5.91 Å². The van der Waals surface area contributed by atoms with E-state index in [4.69, 9.17) is 21.1 Å². The number of nitrogens with one attached hydrogen (secondary N) is 1. The number of benzene rings is 4. The zero-order valence-corrected chi connectivity index (χ0v) is 21.3. The van der Waals surface area contributed by atoms with E-state index in [0.29, 0.717) is 27.0 Å². The van der Waals surface area contributed by atoms with Crippen LogP contribution in [0.15, 0.2) is 96.1 Å². The molecule has 184 valence electrons. The number of esters is 1. The summed E-state index contributed by atoms with van der Waals surface area (Å²) in [6, 6.07) is 28.0. The van der Waals surface area contributed by atoms with Gasteiger partial charge in [-0.25, -0.2) is 10.2 Å². The molecule has 4 aromatic carbocycles. The van der Waals surface area contributed by atoms with Crippen LogP contribution in [0.5, 0.6) is 11.5 Å². The van der Waals surface area contributed by atoms with Gasteiger partial charge in [0.1, 0.15) is 16.4 Å². The van der Waals surface area contributed by atoms with Crippen LogP contribution in [0.3, 0.4) is 0 Å². The Morgan fingerprint density at radius 2 is 1.68 bits per heavy atom. The van der Waals surface area contributed by atoms with Crippen molar-refractivity contribution in [3.63, 3.8) is 0 Å². The molecule has 8 heteroatoms. The summed E-state index contributed by atoms with van der Waals surface area (Å²) in [6.45, 7) is 1.64. The van der Waals surface area contributed by atoms with Crippen LogP contribution in [0, 0.1) is 0 Å². The standard InChI is InChI=1S/C29H21ClN2O4S/c1-18(35-22-15-14-19-8-2-3-9-20(19)16-22)28(33)32-31-17-21-10-4-6-12-24(21)36-29(34)27-26(30)23-11-5-7-13-25(23)37-27/h2-18H,1H3,(H,32,33). The zero-order chi connectivity index (χ0) is 25.8. The molecule has 0 radical (unpaired) electrons. The highest BCUT2D eigenvalue weighted by Gasteiger charge is 2.20. The Balaban J connectivity index is 1.23. The smallest absolute Gasteiger partial charge is 0.355 e. The van der Waals surface area contributed by atoms with E-state index in [9.17, 15) is 9.59 Å². The van der Waals surface area contributed by atoms with Crippen LogP contribution in [0.4, 0.5) is 0 Å². The van der Waals surface area contributed by atoms with Gasteiger partial charge in [-0.2, -0.15) is 5.10 Å². The highest BCUT2D eigenvalue weighted by molar-refractivity contribution is 7.21. The molecule has 37 heavy (non-hydrogen) atoms. The van der Waals surface area contributed by atoms with E-state index in [2.05, 4.69) is 10.5 Å². The molecule has 1 amide bonds. The van der Waals surface area contributed by atoms with Crippen LogP contribution < -0.4 is 14.9 Å². The molecule has 0 fully saturated rings. The van der Waals surface area contributed by atoms with Crippen molar-refractivity contribution in [2.75, 3.05) is 0 Å². The van der Waals surface area contributed by atoms with E-state index in [1.807, 2.05) is 66.7 Å². The molecule has 0 saturated heterocycles. The molecule has 1 unspecified atom stereocenters. The number of hydrazone groups is 1. The first-order chi connectivity index (χ1) is 18.0. The third kappa shape index (κ3) is 5.48. The van der Waals surface area contributed by atoms with Gasteiger partial charge in [-0.3, -0.25) is 4.79 Å². The van der Waals surface area contributed by atoms with Crippen molar-refractivity contribution in [1.82, 2.24) is 5.43 Å². The first-order valence-corrected chi connectivity index (χ1v) is 12.7. The van der Waals surface area contributed by atoms with Crippen molar-refractivity contribution in [2.45, 2.75) is 13.0 Å². The van der Waals surface area contributed by atoms with Crippen molar-refractivity contribution >= 4 is 61.9 Å². The summed E-state index contributed by atoms with van der Waals surface area (Å²) >= 11 is 7.69. The fraction of sp³-hybridized carbons (Fsp3) is 0.0690. The summed E-state index contributed by atoms with van der Waals surface area (Å²) in [4.78, 5) is 25.7. The topological polar surface area (TPSA) is 77.0 Å². The van der Waals surface area contributed by atoms with Gasteiger partial charge in [0, 0.05) is 15.6 Å². The average molecular weight is 529 g/mol. The molecule has 6 nitrogen and oxygen atoms in total. The van der Waals surface area contributed by atoms with Crippen LogP contribution in [0.1, 0.15) is 22.2 Å². The van der Waals surface area contributed by atoms with Crippen molar-refractivity contribution < 1.29 is 19.1 Å². The molecule has 0 bridgehead atoms. The molecule has 0 saturated carbocycles. The fourth-order valence-electron chi connectivity index (χ4n) is 3.73. The van der Waals surface area contributed by atoms with E-state index in [0.717, 1.165) is 20.9 Å². The lowest BCUT2D eigenvalue weighted by Crippen LogP contribution is -2.33. The highest BCUT2D eigenvalue weighted by atomic mass is 35.5. The summed E-state index contributed by atoms with van der Waals surface area (Å²) in [6.07, 6.45) is 0.636. The number of amides is 1. The normalized spacial score (nSPS) is 12.1. The maximum Gasteiger partial charge on any atom is 0.355 e. The van der Waals surface area contributed by atoms with Gasteiger partial charge >= 0.3 is 5.97 Å². The van der Waals surface area contributed by atoms with Gasteiger partial charge < -0.3 is 9.47 Å². The second kappa shape index (κ2) is 10.8. The molecule has 0 spiro atoms. The monoisotopic (exact) mass is 528 g/mol. The molecular formula is C29H21ClN2O4S. The summed E-state index contributed by atoms with van der Waals surface area (Å²) in [5.41, 5.74) is 2.98. The largest absolute Gasteiger partial charge is 0.481 e. The third-order valence-corrected chi connectivity index (χ3v) is 7.28. The summed E-state index contributed by atoms with van der Waals surface area (Å²) < 4.78 is 12.3. The van der Waals surface area contributed by atoms with Gasteiger partial charge in [0.2, 0.25) is 0 Å². The number of hydrogen-bond donors (Lipinski definition) is 1. The summed E-state index contributed by atoms with van der Waals surface area (Å²) in [5, 5.41) is 7.31. The van der Waals surface area contributed by atoms with Crippen LogP contribution in [0.2, 0.25) is 5.02 Å². The molecule has 0 aliphatic heterocycles. The lowest BCUT2D eigenvalue weighted by molar-refractivity contribution is -0.127. The molecule has 1 heterocycles. The number of carbonyl (C=O) groups is 2. The molecule has 5 aromatic rings. The van der Waals surface area contributed by atoms with E-state index < -0.39 is 18.0 Å². The summed E-state index contributed by atoms with van der Waals surface area (Å²) in [5.74, 6) is -0.105. The molecular weight excluding hydrogens is 508 g/mol. The molecule has 1 N–H and O–H groups in total. The Bertz CT molecular complexity index is 1650. The average Bonchev–Trinajstić information content (AvgIpc) is 3.26. The lowest BCUT2D eigenvalue weighted by Gasteiger charge is -2.13. The summed E-state index contributed by atoms with van der Waals surface area (Å²) in [7, 11) is 0. The third-order valence-electron chi connectivity index (χ3n) is 5.62. The van der Waals surface area contributed by atoms with Crippen LogP contribution in [-0.4, -0.2) is 24.2 Å². The van der Waals surface area contributed by atoms with Crippen molar-refractivity contribution in [3.8, 4) is 11.5 Å². The van der Waals surface area contributed by atoms with Gasteiger partial charge in [-0.15, -0.1) is 11.3 Å². The van der Waals surface area contributed by atoms with Gasteiger partial charge in [-0.1, -0.05) is 72.3 Å². The number of halogens is 1. The first kappa shape index (κ1) is 24.5. The maximum atomic E-state index is 12.9. The number of nitrogens with zero attached hydrogens (tertiary/aromatic N) is 1. The number of rotatable bonds is 7. The maximum absolute atomic E-state index is 12.9. The highest BCUT2D eigenvalue weighted by Crippen LogP contribution is 2.36. The molecule has 5 rings (SSSR count). The predicted molar refractivity (Wildman–Crippen MR) is 148 cm³/mol. The molecule has 1 aromatic heterocycles. The van der Waals surface area contributed by atoms with E-state index >= 15 is 0 Å². The van der Waals surface area contributed by atoms with Gasteiger partial charge in [0.05, 0.1) is 11.2 Å². The number of carbonyl (C=O) groups excluding carboxylic acids is 2. The number of thiophene rings is 1. The lowest BCUT2D eigenvalue weighted by atomic mass is 10.1. The van der Waals surface area contributed by atoms with Crippen LogP contribution in [-0.2, 0) is 4.79 Å². The molecule has 0 aliphatic rings. The minimum Gasteiger partial charge on any atom is -0.481 e. The van der Waals surface area contributed by atoms with Gasteiger partial charge in [0.15, 0.2) is 6.10 Å². The Labute approximate surface area is 222 Å². The molecule has 0 aliphatic carbocycles. The van der Waals surface area contributed by atoms with Gasteiger partial charge in [-0.05, 0) is 48.0 Å². The van der Waals surface area contributed by atoms with Crippen molar-refractivity contribution in [3.05, 3.63) is 106 Å². The Hall–Kier alpha value is -4.20. The molecule has 1 atom stereocenters. The second-order valence-electron chi connectivity index (χ2n) is 8.17. The van der Waals surface area contributed by atoms with Crippen molar-refractivity contribution in [2.24, 2.45) is 5.10 Å². The Morgan fingerprint density at radius 1 is 0.946 bits per heavy atom. The van der Waals surface area contributed by atoms with E-state index in [1.165, 1.54) is 17.6 Å². The van der Waals surface area contributed by atoms with Crippen molar-refractivity contribution in [1.29, 1.82) is 0 Å². The number of ether oxygens (including phenoxy) is 2. The van der Waals surface area contributed by atoms with Crippen LogP contribution >= 0.6 is 22.9 Å². The van der Waals surface area contributed by atoms with E-state index in [-0.39, 0.29) is 0 Å². The fourth-order valence-corrected chi connectivity index (χ4v) is 5.11. The zero-order valence-electron chi connectivity index (χ0n) is 19.7. The SMILES string of the molecule is CC(Oc1ccc2ccccc2c1)C(=O)NN=Cc1ccccc1OC(=O)c1sc2ccccc2c1Cl. The minimum atomic E-state index is -0.776. The number of hydrogen-bond acceptors (Lipinski definition) is 6.